The third-order valence-electron chi connectivity index (χ3n) is 1.41. The fraction of sp³-hybridized carbons (Fsp3) is 0.143. The number of hydrogen-bond donors (Lipinski definition) is 0. The molecular formula is C7H6FNaO3S. The summed E-state index contributed by atoms with van der Waals surface area (Å²) in [7, 11) is -4.69. The van der Waals surface area contributed by atoms with Gasteiger partial charge in [-0.1, -0.05) is 12.1 Å². The number of halogens is 1. The molecule has 0 saturated heterocycles. The van der Waals surface area contributed by atoms with E-state index in [4.69, 9.17) is 0 Å². The molecule has 0 amide bonds. The topological polar surface area (TPSA) is 57.2 Å². The first-order valence-electron chi connectivity index (χ1n) is 3.14. The largest absolute Gasteiger partial charge is 1.00 e. The maximum absolute atomic E-state index is 12.8. The van der Waals surface area contributed by atoms with Gasteiger partial charge in [0.05, 0.1) is 4.90 Å². The van der Waals surface area contributed by atoms with Crippen molar-refractivity contribution in [3.8, 4) is 0 Å². The standard InChI is InChI=1S/C7H7FO3S.Na/c1-5-3-2-4-6(8)7(5)12(9,10)11;/h2-4H,1H3,(H,9,10,11);/q;+1/p-1. The van der Waals surface area contributed by atoms with Crippen LogP contribution in [0, 0.1) is 12.7 Å². The van der Waals surface area contributed by atoms with Gasteiger partial charge in [0.15, 0.2) is 0 Å². The first-order chi connectivity index (χ1) is 5.43. The quantitative estimate of drug-likeness (QED) is 0.401. The maximum Gasteiger partial charge on any atom is 1.00 e. The van der Waals surface area contributed by atoms with Gasteiger partial charge in [-0.25, -0.2) is 12.8 Å². The minimum Gasteiger partial charge on any atom is -0.744 e. The molecule has 0 aromatic heterocycles. The van der Waals surface area contributed by atoms with Gasteiger partial charge >= 0.3 is 29.6 Å². The normalized spacial score (nSPS) is 10.7. The summed E-state index contributed by atoms with van der Waals surface area (Å²) in [6.45, 7) is 1.37. The third kappa shape index (κ3) is 3.03. The molecule has 0 unspecified atom stereocenters. The van der Waals surface area contributed by atoms with Crippen LogP contribution in [0.3, 0.4) is 0 Å². The van der Waals surface area contributed by atoms with Crippen molar-refractivity contribution >= 4 is 10.1 Å². The molecule has 0 spiro atoms. The Kier molecular flexibility index (Phi) is 4.54. The zero-order valence-electron chi connectivity index (χ0n) is 7.24. The molecule has 1 aromatic rings. The van der Waals surface area contributed by atoms with Gasteiger partial charge < -0.3 is 4.55 Å². The second kappa shape index (κ2) is 4.52. The van der Waals surface area contributed by atoms with Crippen molar-refractivity contribution < 1.29 is 46.9 Å². The van der Waals surface area contributed by atoms with Crippen LogP contribution in [0.5, 0.6) is 0 Å². The zero-order chi connectivity index (χ0) is 9.35. The first kappa shape index (κ1) is 13.1. The Morgan fingerprint density at radius 1 is 1.38 bits per heavy atom. The minimum absolute atomic E-state index is 0. The van der Waals surface area contributed by atoms with Crippen LogP contribution in [0.25, 0.3) is 0 Å². The van der Waals surface area contributed by atoms with Crippen molar-refractivity contribution in [1.82, 2.24) is 0 Å². The third-order valence-corrected chi connectivity index (χ3v) is 2.43. The van der Waals surface area contributed by atoms with Gasteiger partial charge in [0, 0.05) is 0 Å². The Morgan fingerprint density at radius 3 is 2.23 bits per heavy atom. The molecule has 0 aliphatic heterocycles. The summed E-state index contributed by atoms with van der Waals surface area (Å²) in [5.74, 6) is -0.995. The van der Waals surface area contributed by atoms with Crippen molar-refractivity contribution in [2.45, 2.75) is 11.8 Å². The molecule has 13 heavy (non-hydrogen) atoms. The van der Waals surface area contributed by atoms with Crippen molar-refractivity contribution in [2.75, 3.05) is 0 Å². The van der Waals surface area contributed by atoms with Gasteiger partial charge in [-0.3, -0.25) is 0 Å². The van der Waals surface area contributed by atoms with Crippen LogP contribution < -0.4 is 29.6 Å². The first-order valence-corrected chi connectivity index (χ1v) is 4.55. The summed E-state index contributed by atoms with van der Waals surface area (Å²) >= 11 is 0. The van der Waals surface area contributed by atoms with E-state index >= 15 is 0 Å². The molecule has 0 N–H and O–H groups in total. The van der Waals surface area contributed by atoms with Crippen molar-refractivity contribution in [3.63, 3.8) is 0 Å². The molecule has 0 aliphatic carbocycles. The smallest absolute Gasteiger partial charge is 0.744 e. The van der Waals surface area contributed by atoms with E-state index in [1.807, 2.05) is 0 Å². The van der Waals surface area contributed by atoms with E-state index in [1.54, 1.807) is 0 Å². The van der Waals surface area contributed by atoms with Crippen LogP contribution in [-0.2, 0) is 10.1 Å². The Bertz CT molecular complexity index is 382. The number of benzene rings is 1. The van der Waals surface area contributed by atoms with Gasteiger partial charge in [-0.15, -0.1) is 0 Å². The minimum atomic E-state index is -4.69. The van der Waals surface area contributed by atoms with E-state index in [0.717, 1.165) is 6.07 Å². The SMILES string of the molecule is Cc1cccc(F)c1S(=O)(=O)[O-].[Na+]. The summed E-state index contributed by atoms with van der Waals surface area (Å²) < 4.78 is 44.2. The zero-order valence-corrected chi connectivity index (χ0v) is 10.1. The summed E-state index contributed by atoms with van der Waals surface area (Å²) in [5.41, 5.74) is 0.130. The molecule has 1 aromatic carbocycles. The predicted molar refractivity (Wildman–Crippen MR) is 39.1 cm³/mol. The van der Waals surface area contributed by atoms with E-state index in [9.17, 15) is 17.4 Å². The van der Waals surface area contributed by atoms with Crippen LogP contribution in [0.15, 0.2) is 23.1 Å². The summed E-state index contributed by atoms with van der Waals surface area (Å²) in [5, 5.41) is 0. The molecule has 3 nitrogen and oxygen atoms in total. The molecular weight excluding hydrogens is 206 g/mol. The van der Waals surface area contributed by atoms with Crippen LogP contribution >= 0.6 is 0 Å². The van der Waals surface area contributed by atoms with E-state index in [-0.39, 0.29) is 35.1 Å². The fourth-order valence-corrected chi connectivity index (χ4v) is 1.70. The summed E-state index contributed by atoms with van der Waals surface area (Å²) in [6.07, 6.45) is 0. The van der Waals surface area contributed by atoms with Crippen LogP contribution in [-0.4, -0.2) is 13.0 Å². The fourth-order valence-electron chi connectivity index (χ4n) is 0.933. The van der Waals surface area contributed by atoms with Gasteiger partial charge in [-0.2, -0.15) is 0 Å². The van der Waals surface area contributed by atoms with E-state index in [2.05, 4.69) is 0 Å². The summed E-state index contributed by atoms with van der Waals surface area (Å²) in [6, 6.07) is 3.66. The van der Waals surface area contributed by atoms with E-state index in [0.29, 0.717) is 0 Å². The molecule has 0 bridgehead atoms. The van der Waals surface area contributed by atoms with Crippen molar-refractivity contribution in [2.24, 2.45) is 0 Å². The second-order valence-electron chi connectivity index (χ2n) is 2.34. The second-order valence-corrected chi connectivity index (χ2v) is 3.66. The molecule has 1 rings (SSSR count). The van der Waals surface area contributed by atoms with Gasteiger partial charge in [0.2, 0.25) is 0 Å². The van der Waals surface area contributed by atoms with E-state index in [1.165, 1.54) is 19.1 Å². The van der Waals surface area contributed by atoms with Crippen LogP contribution in [0.1, 0.15) is 5.56 Å². The Labute approximate surface area is 98.0 Å². The molecule has 0 heterocycles. The Hall–Kier alpha value is 0.0600. The van der Waals surface area contributed by atoms with Crippen LogP contribution in [0.2, 0.25) is 0 Å². The van der Waals surface area contributed by atoms with Crippen molar-refractivity contribution in [3.05, 3.63) is 29.6 Å². The average Bonchev–Trinajstić information content (AvgIpc) is 1.82. The van der Waals surface area contributed by atoms with Gasteiger partial charge in [0.1, 0.15) is 15.9 Å². The molecule has 0 saturated carbocycles. The Balaban J connectivity index is 0.00000144. The summed E-state index contributed by atoms with van der Waals surface area (Å²) in [4.78, 5) is -0.759. The van der Waals surface area contributed by atoms with Crippen molar-refractivity contribution in [1.29, 1.82) is 0 Å². The monoisotopic (exact) mass is 212 g/mol. The number of rotatable bonds is 1. The molecule has 0 aliphatic rings. The predicted octanol–water partition coefficient (Wildman–Crippen LogP) is -1.96. The Morgan fingerprint density at radius 2 is 1.92 bits per heavy atom. The van der Waals surface area contributed by atoms with Gasteiger partial charge in [0.25, 0.3) is 0 Å². The van der Waals surface area contributed by atoms with Crippen LogP contribution in [0.4, 0.5) is 4.39 Å². The maximum atomic E-state index is 12.8. The molecule has 66 valence electrons. The number of aryl methyl sites for hydroxylation is 1. The molecule has 0 radical (unpaired) electrons. The molecule has 6 heteroatoms. The van der Waals surface area contributed by atoms with E-state index < -0.39 is 20.8 Å². The number of hydrogen-bond acceptors (Lipinski definition) is 3. The molecule has 0 atom stereocenters. The van der Waals surface area contributed by atoms with Gasteiger partial charge in [-0.05, 0) is 18.6 Å². The molecule has 0 fully saturated rings. The average molecular weight is 212 g/mol.